The minimum Gasteiger partial charge on any atom is -0.354 e. The number of nitrogens with one attached hydrogen (secondary N) is 1. The molecule has 0 fully saturated rings. The Balaban J connectivity index is 1.60. The van der Waals surface area contributed by atoms with Gasteiger partial charge in [-0.25, -0.2) is 9.67 Å². The molecule has 3 aromatic rings. The molecule has 0 radical (unpaired) electrons. The summed E-state index contributed by atoms with van der Waals surface area (Å²) in [7, 11) is 0. The number of amides is 1. The van der Waals surface area contributed by atoms with Gasteiger partial charge in [0.1, 0.15) is 5.82 Å². The summed E-state index contributed by atoms with van der Waals surface area (Å²) in [5, 5.41) is 7.15. The summed E-state index contributed by atoms with van der Waals surface area (Å²) >= 11 is 0. The van der Waals surface area contributed by atoms with Crippen LogP contribution >= 0.6 is 0 Å². The topological polar surface area (TPSA) is 81.8 Å². The molecule has 0 bridgehead atoms. The minimum absolute atomic E-state index is 0.0825. The fourth-order valence-electron chi connectivity index (χ4n) is 2.49. The molecular weight excluding hydrogens is 318 g/mol. The minimum atomic E-state index is -0.209. The highest BCUT2D eigenvalue weighted by atomic mass is 16.1. The molecule has 0 spiro atoms. The van der Waals surface area contributed by atoms with Crippen molar-refractivity contribution in [2.24, 2.45) is 0 Å². The molecule has 2 aromatic heterocycles. The summed E-state index contributed by atoms with van der Waals surface area (Å²) in [5.74, 6) is 1.32. The van der Waals surface area contributed by atoms with E-state index < -0.39 is 0 Å². The van der Waals surface area contributed by atoms with Crippen LogP contribution in [0.25, 0.3) is 5.82 Å². The van der Waals surface area contributed by atoms with Crippen LogP contribution in [0.1, 0.15) is 11.4 Å². The standard InChI is InChI=1S/C18H19N5O2/c1-14-19-9-11-22(14)16-7-8-18(25)23(21-16)12-10-20-17(24)13-15-5-3-2-4-6-15/h2-9,11H,10,12-13H2,1H3,(H,20,24). The van der Waals surface area contributed by atoms with E-state index in [4.69, 9.17) is 0 Å². The zero-order valence-electron chi connectivity index (χ0n) is 13.9. The third-order valence-electron chi connectivity index (χ3n) is 3.78. The van der Waals surface area contributed by atoms with E-state index >= 15 is 0 Å². The van der Waals surface area contributed by atoms with Gasteiger partial charge in [-0.15, -0.1) is 0 Å². The van der Waals surface area contributed by atoms with Crippen molar-refractivity contribution >= 4 is 5.91 Å². The van der Waals surface area contributed by atoms with Crippen molar-refractivity contribution in [3.05, 3.63) is 76.6 Å². The third-order valence-corrected chi connectivity index (χ3v) is 3.78. The van der Waals surface area contributed by atoms with Gasteiger partial charge in [-0.3, -0.25) is 14.2 Å². The van der Waals surface area contributed by atoms with Crippen LogP contribution in [0, 0.1) is 6.92 Å². The first-order valence-corrected chi connectivity index (χ1v) is 8.02. The van der Waals surface area contributed by atoms with Crippen molar-refractivity contribution in [1.29, 1.82) is 0 Å². The average molecular weight is 337 g/mol. The summed E-state index contributed by atoms with van der Waals surface area (Å²) in [6, 6.07) is 12.6. The second-order valence-electron chi connectivity index (χ2n) is 5.61. The monoisotopic (exact) mass is 337 g/mol. The summed E-state index contributed by atoms with van der Waals surface area (Å²) < 4.78 is 3.14. The van der Waals surface area contributed by atoms with Gasteiger partial charge < -0.3 is 5.32 Å². The van der Waals surface area contributed by atoms with E-state index in [1.54, 1.807) is 23.0 Å². The number of aryl methyl sites for hydroxylation is 1. The van der Waals surface area contributed by atoms with E-state index in [0.29, 0.717) is 25.3 Å². The maximum Gasteiger partial charge on any atom is 0.266 e. The number of hydrogen-bond donors (Lipinski definition) is 1. The highest BCUT2D eigenvalue weighted by molar-refractivity contribution is 5.78. The van der Waals surface area contributed by atoms with Gasteiger partial charge in [-0.05, 0) is 18.6 Å². The van der Waals surface area contributed by atoms with Gasteiger partial charge in [0, 0.05) is 25.0 Å². The van der Waals surface area contributed by atoms with Gasteiger partial charge in [-0.1, -0.05) is 30.3 Å². The maximum atomic E-state index is 12.0. The fraction of sp³-hybridized carbons (Fsp3) is 0.222. The van der Waals surface area contributed by atoms with Crippen LogP contribution in [0.4, 0.5) is 0 Å². The highest BCUT2D eigenvalue weighted by Crippen LogP contribution is 2.04. The second kappa shape index (κ2) is 7.57. The molecule has 1 amide bonds. The lowest BCUT2D eigenvalue weighted by molar-refractivity contribution is -0.120. The fourth-order valence-corrected chi connectivity index (χ4v) is 2.49. The molecular formula is C18H19N5O2. The molecule has 1 aromatic carbocycles. The van der Waals surface area contributed by atoms with Gasteiger partial charge in [0.05, 0.1) is 13.0 Å². The summed E-state index contributed by atoms with van der Waals surface area (Å²) in [5.41, 5.74) is 0.742. The number of nitrogens with zero attached hydrogens (tertiary/aromatic N) is 4. The summed E-state index contributed by atoms with van der Waals surface area (Å²) in [6.07, 6.45) is 3.78. The molecule has 0 aliphatic carbocycles. The molecule has 128 valence electrons. The number of hydrogen-bond acceptors (Lipinski definition) is 4. The van der Waals surface area contributed by atoms with E-state index in [0.717, 1.165) is 11.4 Å². The van der Waals surface area contributed by atoms with Crippen molar-refractivity contribution in [1.82, 2.24) is 24.6 Å². The Kier molecular flexibility index (Phi) is 5.03. The van der Waals surface area contributed by atoms with E-state index in [-0.39, 0.29) is 11.5 Å². The van der Waals surface area contributed by atoms with Gasteiger partial charge in [0.2, 0.25) is 5.91 Å². The molecule has 0 aliphatic rings. The number of imidazole rings is 1. The molecule has 25 heavy (non-hydrogen) atoms. The predicted octanol–water partition coefficient (Wildman–Crippen LogP) is 1.10. The Morgan fingerprint density at radius 3 is 2.68 bits per heavy atom. The zero-order chi connectivity index (χ0) is 17.6. The maximum absolute atomic E-state index is 12.0. The van der Waals surface area contributed by atoms with E-state index in [1.165, 1.54) is 10.7 Å². The lowest BCUT2D eigenvalue weighted by atomic mass is 10.1. The van der Waals surface area contributed by atoms with Crippen molar-refractivity contribution in [2.45, 2.75) is 19.9 Å². The lowest BCUT2D eigenvalue weighted by Crippen LogP contribution is -2.33. The first-order valence-electron chi connectivity index (χ1n) is 8.02. The quantitative estimate of drug-likeness (QED) is 0.730. The Labute approximate surface area is 144 Å². The van der Waals surface area contributed by atoms with Crippen LogP contribution in [-0.4, -0.2) is 31.8 Å². The normalized spacial score (nSPS) is 10.6. The van der Waals surface area contributed by atoms with Crippen molar-refractivity contribution in [2.75, 3.05) is 6.54 Å². The molecule has 7 heteroatoms. The second-order valence-corrected chi connectivity index (χ2v) is 5.61. The molecule has 0 atom stereocenters. The molecule has 7 nitrogen and oxygen atoms in total. The van der Waals surface area contributed by atoms with Crippen LogP contribution < -0.4 is 10.9 Å². The Morgan fingerprint density at radius 2 is 1.96 bits per heavy atom. The number of benzene rings is 1. The van der Waals surface area contributed by atoms with Gasteiger partial charge in [0.15, 0.2) is 5.82 Å². The van der Waals surface area contributed by atoms with Crippen LogP contribution in [-0.2, 0) is 17.8 Å². The average Bonchev–Trinajstić information content (AvgIpc) is 3.03. The molecule has 0 saturated carbocycles. The van der Waals surface area contributed by atoms with E-state index in [1.807, 2.05) is 37.3 Å². The van der Waals surface area contributed by atoms with Crippen molar-refractivity contribution < 1.29 is 4.79 Å². The third kappa shape index (κ3) is 4.20. The zero-order valence-corrected chi connectivity index (χ0v) is 13.9. The number of carbonyl (C=O) groups excluding carboxylic acids is 1. The highest BCUT2D eigenvalue weighted by Gasteiger charge is 2.06. The molecule has 2 heterocycles. The van der Waals surface area contributed by atoms with E-state index in [2.05, 4.69) is 15.4 Å². The predicted molar refractivity (Wildman–Crippen MR) is 93.5 cm³/mol. The Hall–Kier alpha value is -3.22. The van der Waals surface area contributed by atoms with Crippen molar-refractivity contribution in [3.63, 3.8) is 0 Å². The van der Waals surface area contributed by atoms with Crippen LogP contribution in [0.2, 0.25) is 0 Å². The molecule has 3 rings (SSSR count). The largest absolute Gasteiger partial charge is 0.354 e. The summed E-state index contributed by atoms with van der Waals surface area (Å²) in [6.45, 7) is 2.51. The summed E-state index contributed by atoms with van der Waals surface area (Å²) in [4.78, 5) is 28.1. The Bertz CT molecular complexity index is 914. The number of aromatic nitrogens is 4. The van der Waals surface area contributed by atoms with Crippen LogP contribution in [0.3, 0.4) is 0 Å². The van der Waals surface area contributed by atoms with Crippen molar-refractivity contribution in [3.8, 4) is 5.82 Å². The lowest BCUT2D eigenvalue weighted by Gasteiger charge is -2.09. The molecule has 0 aliphatic heterocycles. The SMILES string of the molecule is Cc1nccn1-c1ccc(=O)n(CCNC(=O)Cc2ccccc2)n1. The van der Waals surface area contributed by atoms with Gasteiger partial charge >= 0.3 is 0 Å². The molecule has 0 unspecified atom stereocenters. The molecule has 0 saturated heterocycles. The first-order chi connectivity index (χ1) is 12.1. The Morgan fingerprint density at radius 1 is 1.16 bits per heavy atom. The van der Waals surface area contributed by atoms with Gasteiger partial charge in [0.25, 0.3) is 5.56 Å². The smallest absolute Gasteiger partial charge is 0.266 e. The number of carbonyl (C=O) groups is 1. The van der Waals surface area contributed by atoms with Crippen LogP contribution in [0.15, 0.2) is 59.7 Å². The van der Waals surface area contributed by atoms with E-state index in [9.17, 15) is 9.59 Å². The first kappa shape index (κ1) is 16.6. The van der Waals surface area contributed by atoms with Gasteiger partial charge in [-0.2, -0.15) is 5.10 Å². The molecule has 1 N–H and O–H groups in total. The number of rotatable bonds is 6. The van der Waals surface area contributed by atoms with Crippen LogP contribution in [0.5, 0.6) is 0 Å².